The van der Waals surface area contributed by atoms with Crippen LogP contribution in [0.3, 0.4) is 0 Å². The van der Waals surface area contributed by atoms with E-state index < -0.39 is 48.1 Å². The molecule has 0 amide bonds. The SMILES string of the molecule is CCCCCCCCCCCCCCCC(=O)OC[C@H](O)C1OC(=O)C(O)=C1OCOC.CCCCCCCCCCCCCCCC(=O)OC[C@H](O)C1OC(=O)C(OC)=C1OCOC. The predicted molar refractivity (Wildman–Crippen MR) is 244 cm³/mol. The molecule has 0 aromatic carbocycles. The van der Waals surface area contributed by atoms with Crippen molar-refractivity contribution in [3.63, 3.8) is 0 Å². The second-order valence-corrected chi connectivity index (χ2v) is 16.8. The van der Waals surface area contributed by atoms with E-state index in [1.54, 1.807) is 0 Å². The second-order valence-electron chi connectivity index (χ2n) is 16.8. The molecule has 378 valence electrons. The summed E-state index contributed by atoms with van der Waals surface area (Å²) in [6.45, 7) is 3.47. The number of ether oxygens (including phenoxy) is 9. The number of hydrogen-bond acceptors (Lipinski definition) is 16. The molecule has 0 aromatic heterocycles. The van der Waals surface area contributed by atoms with Gasteiger partial charge in [0.2, 0.25) is 11.5 Å². The minimum Gasteiger partial charge on any atom is -0.499 e. The van der Waals surface area contributed by atoms with Crippen LogP contribution in [0.25, 0.3) is 0 Å². The Balaban J connectivity index is 0.000000650. The molecule has 0 aliphatic carbocycles. The average Bonchev–Trinajstić information content (AvgIpc) is 3.78. The Labute approximate surface area is 389 Å². The predicted octanol–water partition coefficient (Wildman–Crippen LogP) is 9.46. The van der Waals surface area contributed by atoms with Gasteiger partial charge in [-0.1, -0.05) is 168 Å². The summed E-state index contributed by atoms with van der Waals surface area (Å²) >= 11 is 0. The van der Waals surface area contributed by atoms with E-state index in [9.17, 15) is 34.5 Å². The summed E-state index contributed by atoms with van der Waals surface area (Å²) < 4.78 is 45.1. The van der Waals surface area contributed by atoms with E-state index in [-0.39, 0.29) is 56.5 Å². The molecular weight excluding hydrogens is 845 g/mol. The molecule has 2 unspecified atom stereocenters. The van der Waals surface area contributed by atoms with E-state index in [0.29, 0.717) is 6.42 Å². The molecule has 0 bridgehead atoms. The van der Waals surface area contributed by atoms with Gasteiger partial charge >= 0.3 is 23.9 Å². The molecule has 16 heteroatoms. The number of rotatable bonds is 41. The summed E-state index contributed by atoms with van der Waals surface area (Å²) in [7, 11) is 4.10. The van der Waals surface area contributed by atoms with E-state index in [1.165, 1.54) is 150 Å². The van der Waals surface area contributed by atoms with Gasteiger partial charge < -0.3 is 58.0 Å². The maximum atomic E-state index is 12.0. The first-order chi connectivity index (χ1) is 31.6. The lowest BCUT2D eigenvalue weighted by molar-refractivity contribution is -0.157. The van der Waals surface area contributed by atoms with Crippen LogP contribution in [-0.2, 0) is 61.8 Å². The number of hydrogen-bond donors (Lipinski definition) is 3. The molecule has 3 N–H and O–H groups in total. The Morgan fingerprint density at radius 3 is 1.18 bits per heavy atom. The summed E-state index contributed by atoms with van der Waals surface area (Å²) in [4.78, 5) is 47.2. The van der Waals surface area contributed by atoms with Crippen LogP contribution in [-0.4, -0.2) is 112 Å². The highest BCUT2D eigenvalue weighted by atomic mass is 16.7. The number of unbranched alkanes of at least 4 members (excludes halogenated alkanes) is 24. The van der Waals surface area contributed by atoms with Crippen molar-refractivity contribution < 1.29 is 77.1 Å². The average molecular weight is 931 g/mol. The van der Waals surface area contributed by atoms with Crippen molar-refractivity contribution in [1.82, 2.24) is 0 Å². The third-order valence-electron chi connectivity index (χ3n) is 11.2. The van der Waals surface area contributed by atoms with Gasteiger partial charge in [-0.2, -0.15) is 0 Å². The Hall–Kier alpha value is -3.60. The van der Waals surface area contributed by atoms with Gasteiger partial charge in [-0.3, -0.25) is 9.59 Å². The number of carbonyl (C=O) groups is 4. The molecule has 0 radical (unpaired) electrons. The first-order valence-electron chi connectivity index (χ1n) is 24.6. The van der Waals surface area contributed by atoms with Gasteiger partial charge in [0, 0.05) is 27.1 Å². The molecule has 2 aliphatic heterocycles. The molecule has 65 heavy (non-hydrogen) atoms. The highest BCUT2D eigenvalue weighted by Gasteiger charge is 2.43. The Kier molecular flexibility index (Phi) is 36.2. The van der Waals surface area contributed by atoms with Crippen LogP contribution in [0.5, 0.6) is 0 Å². The van der Waals surface area contributed by atoms with E-state index in [4.69, 9.17) is 42.6 Å². The number of esters is 4. The van der Waals surface area contributed by atoms with E-state index in [0.717, 1.165) is 38.5 Å². The van der Waals surface area contributed by atoms with Gasteiger partial charge in [0.05, 0.1) is 7.11 Å². The summed E-state index contributed by atoms with van der Waals surface area (Å²) in [6.07, 6.45) is 27.7. The maximum Gasteiger partial charge on any atom is 0.378 e. The van der Waals surface area contributed by atoms with E-state index in [1.807, 2.05) is 0 Å². The Morgan fingerprint density at radius 2 is 0.831 bits per heavy atom. The van der Waals surface area contributed by atoms with Crippen molar-refractivity contribution in [3.05, 3.63) is 23.0 Å². The van der Waals surface area contributed by atoms with Crippen molar-refractivity contribution in [3.8, 4) is 0 Å². The van der Waals surface area contributed by atoms with Crippen LogP contribution < -0.4 is 0 Å². The third kappa shape index (κ3) is 27.6. The van der Waals surface area contributed by atoms with Crippen LogP contribution in [0.1, 0.15) is 194 Å². The lowest BCUT2D eigenvalue weighted by Crippen LogP contribution is -2.34. The van der Waals surface area contributed by atoms with Crippen molar-refractivity contribution in [2.45, 2.75) is 218 Å². The Morgan fingerprint density at radius 1 is 0.508 bits per heavy atom. The van der Waals surface area contributed by atoms with Gasteiger partial charge in [-0.15, -0.1) is 0 Å². The molecule has 2 rings (SSSR count). The maximum absolute atomic E-state index is 12.0. The molecule has 0 saturated carbocycles. The smallest absolute Gasteiger partial charge is 0.378 e. The Bertz CT molecular complexity index is 1330. The molecule has 2 aliphatic rings. The van der Waals surface area contributed by atoms with Crippen LogP contribution >= 0.6 is 0 Å². The first-order valence-corrected chi connectivity index (χ1v) is 24.6. The normalized spacial score (nSPS) is 16.7. The molecule has 0 fully saturated rings. The van der Waals surface area contributed by atoms with Crippen LogP contribution in [0.4, 0.5) is 0 Å². The number of aliphatic hydroxyl groups is 3. The minimum atomic E-state index is -1.34. The van der Waals surface area contributed by atoms with E-state index >= 15 is 0 Å². The fourth-order valence-corrected chi connectivity index (χ4v) is 7.40. The third-order valence-corrected chi connectivity index (χ3v) is 11.2. The zero-order valence-electron chi connectivity index (χ0n) is 40.6. The fraction of sp³-hybridized carbons (Fsp3) is 0.837. The number of methoxy groups -OCH3 is 3. The van der Waals surface area contributed by atoms with Crippen LogP contribution in [0.15, 0.2) is 23.0 Å². The van der Waals surface area contributed by atoms with Crippen LogP contribution in [0, 0.1) is 0 Å². The monoisotopic (exact) mass is 931 g/mol. The minimum absolute atomic E-state index is 0.0318. The van der Waals surface area contributed by atoms with Gasteiger partial charge in [-0.05, 0) is 12.8 Å². The topological polar surface area (TPSA) is 212 Å². The molecule has 0 aromatic rings. The quantitative estimate of drug-likeness (QED) is 0.0225. The highest BCUT2D eigenvalue weighted by molar-refractivity contribution is 5.90. The summed E-state index contributed by atoms with van der Waals surface area (Å²) in [5, 5.41) is 30.2. The molecule has 0 saturated heterocycles. The van der Waals surface area contributed by atoms with Crippen molar-refractivity contribution in [2.75, 3.05) is 48.1 Å². The van der Waals surface area contributed by atoms with Gasteiger partial charge in [0.25, 0.3) is 0 Å². The first kappa shape index (κ1) is 59.4. The fourth-order valence-electron chi connectivity index (χ4n) is 7.40. The molecular formula is C49H86O16. The van der Waals surface area contributed by atoms with Gasteiger partial charge in [0.15, 0.2) is 37.3 Å². The summed E-state index contributed by atoms with van der Waals surface area (Å²) in [5.74, 6) is -3.58. The largest absolute Gasteiger partial charge is 0.499 e. The summed E-state index contributed by atoms with van der Waals surface area (Å²) in [5.41, 5.74) is 0. The molecule has 16 nitrogen and oxygen atoms in total. The van der Waals surface area contributed by atoms with E-state index in [2.05, 4.69) is 13.8 Å². The van der Waals surface area contributed by atoms with Gasteiger partial charge in [-0.25, -0.2) is 9.59 Å². The lowest BCUT2D eigenvalue weighted by Gasteiger charge is -2.19. The number of aliphatic hydroxyl groups excluding tert-OH is 3. The number of cyclic esters (lactones) is 2. The van der Waals surface area contributed by atoms with Crippen molar-refractivity contribution in [2.24, 2.45) is 0 Å². The molecule has 2 heterocycles. The molecule has 0 spiro atoms. The molecule has 4 atom stereocenters. The van der Waals surface area contributed by atoms with Crippen molar-refractivity contribution in [1.29, 1.82) is 0 Å². The summed E-state index contributed by atoms with van der Waals surface area (Å²) in [6, 6.07) is 0. The zero-order chi connectivity index (χ0) is 47.9. The number of carbonyl (C=O) groups excluding carboxylic acids is 4. The van der Waals surface area contributed by atoms with Crippen molar-refractivity contribution >= 4 is 23.9 Å². The van der Waals surface area contributed by atoms with Gasteiger partial charge in [0.1, 0.15) is 25.4 Å². The standard InChI is InChI=1S/C25H44O8.C24H42O8/c1-4-5-6-7-8-9-10-11-12-13-14-15-16-17-21(27)31-18-20(26)22-23(32-19-29-2)24(30-3)25(28)33-22;1-3-4-5-6-7-8-9-10-11-12-13-14-15-16-20(26)30-17-19(25)22-23(31-18-29-2)21(27)24(28)32-22/h20,22,26H,4-19H2,1-3H3;19,22,25,27H,3-18H2,1-2H3/t20-,22?;19-,22?/m00/s1. The highest BCUT2D eigenvalue weighted by Crippen LogP contribution is 2.28. The van der Waals surface area contributed by atoms with Crippen LogP contribution in [0.2, 0.25) is 0 Å². The lowest BCUT2D eigenvalue weighted by atomic mass is 10.0. The zero-order valence-corrected chi connectivity index (χ0v) is 40.6. The second kappa shape index (κ2) is 39.6.